The molecule has 0 unspecified atom stereocenters. The summed E-state index contributed by atoms with van der Waals surface area (Å²) in [5, 5.41) is 0. The molecule has 0 N–H and O–H groups in total. The predicted octanol–water partition coefficient (Wildman–Crippen LogP) is 13.0. The molecule has 4 heterocycles. The van der Waals surface area contributed by atoms with E-state index in [-0.39, 0.29) is 17.5 Å². The van der Waals surface area contributed by atoms with Crippen molar-refractivity contribution in [3.8, 4) is 0 Å². The van der Waals surface area contributed by atoms with Gasteiger partial charge in [0.05, 0.1) is 33.2 Å². The normalized spacial score (nSPS) is 13.9. The topological polar surface area (TPSA) is 9.72 Å². The average molecular weight is 856 g/mol. The van der Waals surface area contributed by atoms with Crippen molar-refractivity contribution in [1.29, 1.82) is 0 Å². The highest BCUT2D eigenvalue weighted by molar-refractivity contribution is 7.43. The molecule has 0 aliphatic carbocycles. The Hall–Kier alpha value is -4.60. The van der Waals surface area contributed by atoms with Gasteiger partial charge in [-0.2, -0.15) is 22.7 Å². The SMILES string of the molecule is CC(C)(C)c1ccc(N2c3cc([Si](C)(C)C)sc3B3c4sc([Si](C)(C)C)cc4N(c4ccc(C(C)(C)C)cc4)c4cc(N(c5ccccc5)c5ccccc5)cc2c43)cc1. The van der Waals surface area contributed by atoms with Gasteiger partial charge >= 0.3 is 0 Å². The lowest BCUT2D eigenvalue weighted by Crippen LogP contribution is -2.59. The number of anilines is 9. The van der Waals surface area contributed by atoms with Crippen LogP contribution in [-0.2, 0) is 10.8 Å². The van der Waals surface area contributed by atoms with Gasteiger partial charge in [0, 0.05) is 43.7 Å². The minimum atomic E-state index is -1.69. The predicted molar refractivity (Wildman–Crippen MR) is 274 cm³/mol. The zero-order valence-electron chi connectivity index (χ0n) is 37.4. The zero-order valence-corrected chi connectivity index (χ0v) is 41.1. The summed E-state index contributed by atoms with van der Waals surface area (Å²) in [6.07, 6.45) is 0. The van der Waals surface area contributed by atoms with Crippen LogP contribution in [0.2, 0.25) is 39.3 Å². The third-order valence-electron chi connectivity index (χ3n) is 12.1. The van der Waals surface area contributed by atoms with Gasteiger partial charge in [-0.05, 0) is 109 Å². The number of hydrogen-bond donors (Lipinski definition) is 0. The van der Waals surface area contributed by atoms with Crippen LogP contribution in [0.15, 0.2) is 133 Å². The highest BCUT2D eigenvalue weighted by Crippen LogP contribution is 2.49. The molecule has 9 rings (SSSR count). The summed E-state index contributed by atoms with van der Waals surface area (Å²) in [5.74, 6) is 0. The van der Waals surface area contributed by atoms with E-state index in [2.05, 4.69) is 252 Å². The van der Waals surface area contributed by atoms with Crippen molar-refractivity contribution in [3.05, 3.63) is 145 Å². The van der Waals surface area contributed by atoms with Gasteiger partial charge in [0.15, 0.2) is 0 Å². The van der Waals surface area contributed by atoms with E-state index in [9.17, 15) is 0 Å². The third-order valence-corrected chi connectivity index (χ3v) is 21.7. The Kier molecular flexibility index (Phi) is 9.86. The van der Waals surface area contributed by atoms with Crippen LogP contribution in [0, 0.1) is 0 Å². The van der Waals surface area contributed by atoms with Crippen LogP contribution in [0.3, 0.4) is 0 Å². The Morgan fingerprint density at radius 2 is 0.817 bits per heavy atom. The summed E-state index contributed by atoms with van der Waals surface area (Å²) in [7, 11) is -3.38. The Morgan fingerprint density at radius 1 is 0.450 bits per heavy atom. The van der Waals surface area contributed by atoms with Crippen LogP contribution in [0.5, 0.6) is 0 Å². The van der Waals surface area contributed by atoms with Crippen molar-refractivity contribution in [3.63, 3.8) is 0 Å². The first kappa shape index (κ1) is 40.8. The number of thiophene rings is 2. The van der Waals surface area contributed by atoms with Crippen LogP contribution in [-0.4, -0.2) is 22.9 Å². The fraction of sp³-hybridized carbons (Fsp3) is 0.269. The Labute approximate surface area is 369 Å². The van der Waals surface area contributed by atoms with Crippen molar-refractivity contribution in [2.24, 2.45) is 0 Å². The molecule has 60 heavy (non-hydrogen) atoms. The number of benzene rings is 5. The van der Waals surface area contributed by atoms with Crippen LogP contribution >= 0.6 is 22.7 Å². The van der Waals surface area contributed by atoms with Gasteiger partial charge in [-0.15, -0.1) is 0 Å². The molecule has 5 aromatic carbocycles. The minimum Gasteiger partial charge on any atom is -0.311 e. The fourth-order valence-corrected chi connectivity index (χ4v) is 15.1. The van der Waals surface area contributed by atoms with Crippen molar-refractivity contribution in [2.75, 3.05) is 14.7 Å². The molecule has 0 fully saturated rings. The number of nitrogens with zero attached hydrogens (tertiary/aromatic N) is 3. The molecule has 7 aromatic rings. The van der Waals surface area contributed by atoms with Gasteiger partial charge in [-0.3, -0.25) is 0 Å². The lowest BCUT2D eigenvalue weighted by Gasteiger charge is -2.43. The summed E-state index contributed by atoms with van der Waals surface area (Å²) in [5.41, 5.74) is 15.2. The van der Waals surface area contributed by atoms with Crippen LogP contribution in [0.25, 0.3) is 0 Å². The third kappa shape index (κ3) is 7.13. The molecule has 3 nitrogen and oxygen atoms in total. The van der Waals surface area contributed by atoms with E-state index in [4.69, 9.17) is 0 Å². The van der Waals surface area contributed by atoms with Gasteiger partial charge in [-0.25, -0.2) is 0 Å². The first-order chi connectivity index (χ1) is 28.3. The van der Waals surface area contributed by atoms with E-state index in [1.807, 2.05) is 0 Å². The van der Waals surface area contributed by atoms with Crippen molar-refractivity contribution < 1.29 is 0 Å². The summed E-state index contributed by atoms with van der Waals surface area (Å²) in [6.45, 7) is 29.0. The number of para-hydroxylation sites is 2. The molecule has 2 aromatic heterocycles. The summed E-state index contributed by atoms with van der Waals surface area (Å²) in [6, 6.07) is 50.8. The molecular formula is C52H58BN3S2Si2. The summed E-state index contributed by atoms with van der Waals surface area (Å²) >= 11 is 4.16. The molecule has 0 bridgehead atoms. The molecule has 0 saturated heterocycles. The van der Waals surface area contributed by atoms with Gasteiger partial charge in [0.2, 0.25) is 0 Å². The molecule has 0 atom stereocenters. The van der Waals surface area contributed by atoms with E-state index in [1.54, 1.807) is 9.00 Å². The minimum absolute atomic E-state index is 0.0572. The molecule has 0 saturated carbocycles. The maximum atomic E-state index is 2.62. The van der Waals surface area contributed by atoms with Crippen LogP contribution in [0.1, 0.15) is 52.7 Å². The standard InChI is InChI=1S/C52H58BN3S2Si2/c1-51(2,3)35-23-27-39(28-24-35)55-42-31-41(54(37-19-15-13-16-20-37)38-21-17-14-18-22-38)32-43-48(42)53(49-44(55)33-46(57-49)59(7,8)9)50-45(34-47(58-50)60(10,11)12)56(43)40-29-25-36(26-30-40)52(4,5)6/h13-34H,1-12H3. The van der Waals surface area contributed by atoms with Gasteiger partial charge in [0.1, 0.15) is 0 Å². The average Bonchev–Trinajstić information content (AvgIpc) is 3.85. The molecule has 2 aliphatic heterocycles. The first-order valence-electron chi connectivity index (χ1n) is 21.5. The Bertz CT molecular complexity index is 2510. The second kappa shape index (κ2) is 14.5. The van der Waals surface area contributed by atoms with Crippen molar-refractivity contribution in [2.45, 2.75) is 91.7 Å². The number of rotatable bonds is 7. The van der Waals surface area contributed by atoms with Gasteiger partial charge in [-0.1, -0.05) is 141 Å². The maximum Gasteiger partial charge on any atom is 0.276 e. The molecular weight excluding hydrogens is 798 g/mol. The molecule has 2 aliphatic rings. The molecule has 0 amide bonds. The Morgan fingerprint density at radius 3 is 1.15 bits per heavy atom. The maximum absolute atomic E-state index is 2.62. The van der Waals surface area contributed by atoms with Gasteiger partial charge < -0.3 is 14.7 Å². The van der Waals surface area contributed by atoms with Crippen LogP contribution in [0.4, 0.5) is 51.2 Å². The van der Waals surface area contributed by atoms with E-state index in [1.165, 1.54) is 60.3 Å². The number of hydrogen-bond acceptors (Lipinski definition) is 5. The van der Waals surface area contributed by atoms with E-state index < -0.39 is 16.1 Å². The lowest BCUT2D eigenvalue weighted by molar-refractivity contribution is 0.590. The number of fused-ring (bicyclic) bond motifs is 4. The second-order valence-electron chi connectivity index (χ2n) is 20.8. The van der Waals surface area contributed by atoms with Crippen molar-refractivity contribution in [1.82, 2.24) is 0 Å². The molecule has 304 valence electrons. The fourth-order valence-electron chi connectivity index (χ4n) is 8.72. The van der Waals surface area contributed by atoms with E-state index >= 15 is 0 Å². The van der Waals surface area contributed by atoms with E-state index in [0.29, 0.717) is 0 Å². The molecule has 0 radical (unpaired) electrons. The van der Waals surface area contributed by atoms with Crippen LogP contribution < -0.4 is 38.7 Å². The highest BCUT2D eigenvalue weighted by atomic mass is 32.1. The van der Waals surface area contributed by atoms with E-state index in [0.717, 1.165) is 17.1 Å². The quantitative estimate of drug-likeness (QED) is 0.148. The second-order valence-corrected chi connectivity index (χ2v) is 33.8. The molecule has 8 heteroatoms. The largest absolute Gasteiger partial charge is 0.311 e. The lowest BCUT2D eigenvalue weighted by atomic mass is 9.39. The zero-order chi connectivity index (χ0) is 42.5. The smallest absolute Gasteiger partial charge is 0.276 e. The van der Waals surface area contributed by atoms with Crippen molar-refractivity contribution >= 4 is 121 Å². The first-order valence-corrected chi connectivity index (χ1v) is 30.1. The highest BCUT2D eigenvalue weighted by Gasteiger charge is 2.47. The van der Waals surface area contributed by atoms with Gasteiger partial charge in [0.25, 0.3) is 6.71 Å². The Balaban J connectivity index is 1.41. The molecule has 0 spiro atoms. The summed E-state index contributed by atoms with van der Waals surface area (Å²) < 4.78 is 6.06. The monoisotopic (exact) mass is 855 g/mol. The summed E-state index contributed by atoms with van der Waals surface area (Å²) in [4.78, 5) is 7.68.